The van der Waals surface area contributed by atoms with E-state index in [4.69, 9.17) is 11.6 Å². The minimum atomic E-state index is -4.96. The number of halogens is 4. The topological polar surface area (TPSA) is 51.3 Å². The Labute approximate surface area is 92.9 Å². The minimum absolute atomic E-state index is 0.162. The van der Waals surface area contributed by atoms with E-state index in [9.17, 15) is 18.0 Å². The smallest absolute Gasteiger partial charge is 0.491 e. The van der Waals surface area contributed by atoms with E-state index >= 15 is 0 Å². The zero-order valence-corrected chi connectivity index (χ0v) is 8.78. The van der Waals surface area contributed by atoms with E-state index in [1.807, 2.05) is 0 Å². The number of aromatic nitrogens is 1. The van der Waals surface area contributed by atoms with E-state index in [0.717, 1.165) is 13.3 Å². The van der Waals surface area contributed by atoms with Gasteiger partial charge in [0, 0.05) is 6.20 Å². The van der Waals surface area contributed by atoms with Gasteiger partial charge in [0.1, 0.15) is 0 Å². The Morgan fingerprint density at radius 3 is 2.56 bits per heavy atom. The van der Waals surface area contributed by atoms with Crippen molar-refractivity contribution in [3.05, 3.63) is 22.1 Å². The number of rotatable bonds is 3. The van der Waals surface area contributed by atoms with Crippen LogP contribution in [0.25, 0.3) is 0 Å². The zero-order valence-electron chi connectivity index (χ0n) is 8.02. The molecule has 1 heterocycles. The largest absolute Gasteiger partial charge is 0.573 e. The number of ether oxygens (including phenoxy) is 2. The lowest BCUT2D eigenvalue weighted by Gasteiger charge is -2.12. The average Bonchev–Trinajstić information content (AvgIpc) is 2.19. The molecule has 0 saturated carbocycles. The van der Waals surface area contributed by atoms with Gasteiger partial charge in [-0.25, -0.2) is 0 Å². The molecule has 1 N–H and O–H groups in total. The van der Waals surface area contributed by atoms with E-state index < -0.39 is 17.5 Å². The summed E-state index contributed by atoms with van der Waals surface area (Å²) in [5.74, 6) is -1.50. The monoisotopic (exact) mass is 257 g/mol. The van der Waals surface area contributed by atoms with Crippen LogP contribution in [-0.2, 0) is 5.88 Å². The number of hydrogen-bond donors (Lipinski definition) is 1. The van der Waals surface area contributed by atoms with Gasteiger partial charge in [-0.1, -0.05) is 0 Å². The molecule has 1 aromatic heterocycles. The third kappa shape index (κ3) is 2.82. The molecule has 4 nitrogen and oxygen atoms in total. The van der Waals surface area contributed by atoms with Crippen molar-refractivity contribution in [2.45, 2.75) is 12.2 Å². The van der Waals surface area contributed by atoms with Crippen LogP contribution in [0.5, 0.6) is 11.5 Å². The van der Waals surface area contributed by atoms with Crippen molar-refractivity contribution in [2.24, 2.45) is 0 Å². The van der Waals surface area contributed by atoms with Crippen LogP contribution in [0.4, 0.5) is 13.2 Å². The molecule has 16 heavy (non-hydrogen) atoms. The first-order chi connectivity index (χ1) is 7.39. The van der Waals surface area contributed by atoms with Gasteiger partial charge in [0.05, 0.1) is 18.7 Å². The van der Waals surface area contributed by atoms with Crippen molar-refractivity contribution in [1.29, 1.82) is 0 Å². The highest BCUT2D eigenvalue weighted by atomic mass is 35.5. The first-order valence-electron chi connectivity index (χ1n) is 3.99. The number of hydrogen-bond acceptors (Lipinski definition) is 3. The summed E-state index contributed by atoms with van der Waals surface area (Å²) >= 11 is 5.37. The molecule has 0 atom stereocenters. The Kier molecular flexibility index (Phi) is 3.69. The second-order valence-corrected chi connectivity index (χ2v) is 2.94. The Bertz CT molecular complexity index is 430. The van der Waals surface area contributed by atoms with Gasteiger partial charge in [-0.15, -0.1) is 24.8 Å². The Balaban J connectivity index is 3.27. The molecule has 1 rings (SSSR count). The molecule has 0 aliphatic heterocycles. The molecule has 0 unspecified atom stereocenters. The summed E-state index contributed by atoms with van der Waals surface area (Å²) < 4.78 is 44.2. The first-order valence-corrected chi connectivity index (χ1v) is 4.52. The maximum Gasteiger partial charge on any atom is 0.573 e. The summed E-state index contributed by atoms with van der Waals surface area (Å²) in [4.78, 5) is 13.8. The standard InChI is InChI=1S/C8H7ClF3NO3/c1-15-5-3-13-4(2-9)7(6(5)14)16-8(10,11)12/h3H,2H2,1H3,(H,13,14). The summed E-state index contributed by atoms with van der Waals surface area (Å²) in [6.45, 7) is 0. The lowest BCUT2D eigenvalue weighted by Crippen LogP contribution is -2.24. The average molecular weight is 258 g/mol. The van der Waals surface area contributed by atoms with Gasteiger partial charge in [0.15, 0.2) is 5.75 Å². The van der Waals surface area contributed by atoms with Crippen molar-refractivity contribution in [3.8, 4) is 11.5 Å². The fourth-order valence-electron chi connectivity index (χ4n) is 1.01. The molecule has 90 valence electrons. The number of nitrogens with one attached hydrogen (secondary N) is 1. The first kappa shape index (κ1) is 12.7. The van der Waals surface area contributed by atoms with Gasteiger partial charge in [0.2, 0.25) is 5.75 Å². The molecular weight excluding hydrogens is 251 g/mol. The predicted molar refractivity (Wildman–Crippen MR) is 49.9 cm³/mol. The fourth-order valence-corrected chi connectivity index (χ4v) is 1.21. The van der Waals surface area contributed by atoms with Crippen LogP contribution < -0.4 is 14.9 Å². The molecule has 8 heteroatoms. The molecule has 0 aliphatic carbocycles. The van der Waals surface area contributed by atoms with Crippen LogP contribution in [0.3, 0.4) is 0 Å². The number of alkyl halides is 4. The van der Waals surface area contributed by atoms with Crippen LogP contribution in [0.2, 0.25) is 0 Å². The van der Waals surface area contributed by atoms with Crippen molar-refractivity contribution in [2.75, 3.05) is 7.11 Å². The van der Waals surface area contributed by atoms with Crippen LogP contribution in [0.15, 0.2) is 11.0 Å². The van der Waals surface area contributed by atoms with E-state index in [1.54, 1.807) is 0 Å². The molecule has 0 radical (unpaired) electrons. The van der Waals surface area contributed by atoms with Crippen molar-refractivity contribution < 1.29 is 22.6 Å². The Hall–Kier alpha value is -1.37. The lowest BCUT2D eigenvalue weighted by molar-refractivity contribution is -0.275. The highest BCUT2D eigenvalue weighted by Crippen LogP contribution is 2.24. The normalized spacial score (nSPS) is 11.3. The van der Waals surface area contributed by atoms with Gasteiger partial charge in [-0.3, -0.25) is 4.79 Å². The quantitative estimate of drug-likeness (QED) is 0.843. The molecule has 0 aliphatic rings. The van der Waals surface area contributed by atoms with Crippen LogP contribution >= 0.6 is 11.6 Å². The summed E-state index contributed by atoms with van der Waals surface area (Å²) in [6.07, 6.45) is -3.84. The molecule has 0 spiro atoms. The number of pyridine rings is 1. The van der Waals surface area contributed by atoms with Crippen molar-refractivity contribution in [3.63, 3.8) is 0 Å². The number of methoxy groups -OCH3 is 1. The lowest BCUT2D eigenvalue weighted by atomic mass is 10.3. The number of H-pyrrole nitrogens is 1. The molecule has 0 amide bonds. The van der Waals surface area contributed by atoms with Crippen molar-refractivity contribution in [1.82, 2.24) is 4.98 Å². The highest BCUT2D eigenvalue weighted by molar-refractivity contribution is 6.17. The Morgan fingerprint density at radius 1 is 1.50 bits per heavy atom. The maximum absolute atomic E-state index is 12.0. The van der Waals surface area contributed by atoms with Crippen LogP contribution in [0.1, 0.15) is 5.69 Å². The minimum Gasteiger partial charge on any atom is -0.491 e. The summed E-state index contributed by atoms with van der Waals surface area (Å²) in [5, 5.41) is 0. The molecule has 0 bridgehead atoms. The third-order valence-electron chi connectivity index (χ3n) is 1.65. The summed E-state index contributed by atoms with van der Waals surface area (Å²) in [5.41, 5.74) is -1.17. The molecular formula is C8H7ClF3NO3. The fraction of sp³-hybridized carbons (Fsp3) is 0.375. The van der Waals surface area contributed by atoms with Gasteiger partial charge in [-0.05, 0) is 0 Å². The molecule has 0 saturated heterocycles. The van der Waals surface area contributed by atoms with E-state index in [1.165, 1.54) is 0 Å². The van der Waals surface area contributed by atoms with Gasteiger partial charge >= 0.3 is 6.36 Å². The summed E-state index contributed by atoms with van der Waals surface area (Å²) in [7, 11) is 1.16. The SMILES string of the molecule is COc1c[nH]c(CCl)c(OC(F)(F)F)c1=O. The van der Waals surface area contributed by atoms with Gasteiger partial charge in [-0.2, -0.15) is 0 Å². The van der Waals surface area contributed by atoms with Crippen molar-refractivity contribution >= 4 is 11.6 Å². The van der Waals surface area contributed by atoms with E-state index in [-0.39, 0.29) is 17.3 Å². The molecule has 0 aromatic carbocycles. The van der Waals surface area contributed by atoms with E-state index in [2.05, 4.69) is 14.5 Å². The van der Waals surface area contributed by atoms with Gasteiger partial charge < -0.3 is 14.5 Å². The predicted octanol–water partition coefficient (Wildman–Crippen LogP) is 2.02. The molecule has 0 fully saturated rings. The third-order valence-corrected chi connectivity index (χ3v) is 1.92. The van der Waals surface area contributed by atoms with E-state index in [0.29, 0.717) is 0 Å². The van der Waals surface area contributed by atoms with Crippen LogP contribution in [0, 0.1) is 0 Å². The van der Waals surface area contributed by atoms with Crippen LogP contribution in [-0.4, -0.2) is 18.5 Å². The number of aromatic amines is 1. The zero-order chi connectivity index (χ0) is 12.3. The Morgan fingerprint density at radius 2 is 2.12 bits per heavy atom. The maximum atomic E-state index is 12.0. The summed E-state index contributed by atoms with van der Waals surface area (Å²) in [6, 6.07) is 0. The van der Waals surface area contributed by atoms with Gasteiger partial charge in [0.25, 0.3) is 5.43 Å². The second-order valence-electron chi connectivity index (χ2n) is 2.68. The molecule has 1 aromatic rings. The second kappa shape index (κ2) is 4.65. The highest BCUT2D eigenvalue weighted by Gasteiger charge is 2.34.